The Morgan fingerprint density at radius 2 is 2.38 bits per heavy atom. The van der Waals surface area contributed by atoms with Crippen molar-refractivity contribution in [3.63, 3.8) is 0 Å². The van der Waals surface area contributed by atoms with Gasteiger partial charge in [-0.15, -0.1) is 11.6 Å². The average molecular weight is 140 g/mol. The lowest BCUT2D eigenvalue weighted by Gasteiger charge is -2.06. The van der Waals surface area contributed by atoms with Gasteiger partial charge >= 0.3 is 0 Å². The summed E-state index contributed by atoms with van der Waals surface area (Å²) in [5.74, 6) is 0.542. The van der Waals surface area contributed by atoms with E-state index in [9.17, 15) is 4.39 Å². The molecule has 8 heavy (non-hydrogen) atoms. The van der Waals surface area contributed by atoms with Crippen LogP contribution in [0, 0.1) is 0 Å². The molecule has 0 saturated heterocycles. The van der Waals surface area contributed by atoms with Crippen molar-refractivity contribution < 1.29 is 4.39 Å². The molecule has 0 aromatic heterocycles. The normalized spacial score (nSPS) is 13.9. The van der Waals surface area contributed by atoms with Crippen LogP contribution in [-0.4, -0.2) is 25.1 Å². The van der Waals surface area contributed by atoms with Crippen molar-refractivity contribution in [2.75, 3.05) is 19.1 Å². The predicted molar refractivity (Wildman–Crippen MR) is 34.2 cm³/mol. The summed E-state index contributed by atoms with van der Waals surface area (Å²) >= 11 is 5.40. The molecule has 0 amide bonds. The summed E-state index contributed by atoms with van der Waals surface area (Å²) in [6.45, 7) is 2.01. The second-order valence-corrected chi connectivity index (χ2v) is 2.01. The van der Waals surface area contributed by atoms with Crippen LogP contribution in [0.4, 0.5) is 4.39 Å². The molecule has 0 aliphatic rings. The predicted octanol–water partition coefficient (Wildman–Crippen LogP) is 1.17. The summed E-state index contributed by atoms with van der Waals surface area (Å²) < 4.78 is 11.4. The van der Waals surface area contributed by atoms with Crippen molar-refractivity contribution in [1.29, 1.82) is 0 Å². The lowest BCUT2D eigenvalue weighted by molar-refractivity contribution is 0.450. The molecular weight excluding hydrogens is 129 g/mol. The van der Waals surface area contributed by atoms with Crippen LogP contribution >= 0.6 is 11.6 Å². The Balaban J connectivity index is 2.86. The van der Waals surface area contributed by atoms with Crippen molar-refractivity contribution in [2.24, 2.45) is 0 Å². The van der Waals surface area contributed by atoms with E-state index in [1.54, 1.807) is 0 Å². The van der Waals surface area contributed by atoms with Gasteiger partial charge in [0.25, 0.3) is 0 Å². The molecule has 1 unspecified atom stereocenters. The minimum absolute atomic E-state index is 0.229. The van der Waals surface area contributed by atoms with Crippen LogP contribution in [0.15, 0.2) is 0 Å². The van der Waals surface area contributed by atoms with Crippen molar-refractivity contribution in [1.82, 2.24) is 5.32 Å². The first-order valence-electron chi connectivity index (χ1n) is 2.66. The minimum Gasteiger partial charge on any atom is -0.310 e. The van der Waals surface area contributed by atoms with Gasteiger partial charge in [-0.05, 0) is 6.92 Å². The van der Waals surface area contributed by atoms with E-state index in [0.717, 1.165) is 0 Å². The molecule has 1 atom stereocenters. The molecule has 50 valence electrons. The third-order valence-electron chi connectivity index (χ3n) is 0.819. The van der Waals surface area contributed by atoms with Crippen LogP contribution in [0.2, 0.25) is 0 Å². The molecule has 0 aliphatic carbocycles. The third kappa shape index (κ3) is 4.34. The zero-order chi connectivity index (χ0) is 6.41. The lowest BCUT2D eigenvalue weighted by Crippen LogP contribution is -2.29. The number of nitrogens with one attached hydrogen (secondary N) is 1. The molecule has 0 rings (SSSR count). The maximum atomic E-state index is 11.4. The fraction of sp³-hybridized carbons (Fsp3) is 1.00. The van der Waals surface area contributed by atoms with Gasteiger partial charge in [0.2, 0.25) is 0 Å². The number of rotatable bonds is 4. The molecule has 0 radical (unpaired) electrons. The number of halogens is 2. The zero-order valence-corrected chi connectivity index (χ0v) is 5.71. The van der Waals surface area contributed by atoms with E-state index >= 15 is 0 Å². The Hall–Kier alpha value is 0.180. The molecule has 0 saturated carbocycles. The molecule has 0 aromatic rings. The Kier molecular flexibility index (Phi) is 5.44. The molecule has 0 bridgehead atoms. The topological polar surface area (TPSA) is 12.0 Å². The Morgan fingerprint density at radius 1 is 1.75 bits per heavy atom. The first kappa shape index (κ1) is 8.18. The molecule has 0 aliphatic heterocycles. The summed E-state index contributed by atoms with van der Waals surface area (Å²) in [5.41, 5.74) is 0. The summed E-state index contributed by atoms with van der Waals surface area (Å²) in [7, 11) is 0. The summed E-state index contributed by atoms with van der Waals surface area (Å²) in [6.07, 6.45) is 0. The quantitative estimate of drug-likeness (QED) is 0.577. The van der Waals surface area contributed by atoms with Gasteiger partial charge in [-0.1, -0.05) is 0 Å². The third-order valence-corrected chi connectivity index (χ3v) is 1.28. The highest BCUT2D eigenvalue weighted by molar-refractivity contribution is 6.18. The van der Waals surface area contributed by atoms with Gasteiger partial charge in [-0.25, -0.2) is 4.39 Å². The summed E-state index contributed by atoms with van der Waals surface area (Å²) in [6, 6.07) is 0.229. The van der Waals surface area contributed by atoms with Crippen LogP contribution in [0.25, 0.3) is 0 Å². The van der Waals surface area contributed by atoms with Crippen molar-refractivity contribution >= 4 is 11.6 Å². The fourth-order valence-electron chi connectivity index (χ4n) is 0.356. The smallest absolute Gasteiger partial charge is 0.102 e. The Labute approximate surface area is 54.2 Å². The Bertz CT molecular complexity index is 51.7. The maximum Gasteiger partial charge on any atom is 0.102 e. The van der Waals surface area contributed by atoms with Crippen LogP contribution in [0.3, 0.4) is 0 Å². The van der Waals surface area contributed by atoms with Crippen molar-refractivity contribution in [3.05, 3.63) is 0 Å². The summed E-state index contributed by atoms with van der Waals surface area (Å²) in [5, 5.41) is 2.88. The number of hydrogen-bond donors (Lipinski definition) is 1. The number of alkyl halides is 2. The second kappa shape index (κ2) is 5.32. The van der Waals surface area contributed by atoms with Gasteiger partial charge in [-0.3, -0.25) is 0 Å². The van der Waals surface area contributed by atoms with Gasteiger partial charge < -0.3 is 5.32 Å². The molecule has 1 nitrogen and oxygen atoms in total. The molecule has 1 N–H and O–H groups in total. The van der Waals surface area contributed by atoms with Crippen LogP contribution in [0.5, 0.6) is 0 Å². The summed E-state index contributed by atoms with van der Waals surface area (Å²) in [4.78, 5) is 0. The van der Waals surface area contributed by atoms with Crippen molar-refractivity contribution in [3.8, 4) is 0 Å². The molecule has 0 fully saturated rings. The molecular formula is C5H11ClFN. The molecule has 0 spiro atoms. The maximum absolute atomic E-state index is 11.4. The van der Waals surface area contributed by atoms with Gasteiger partial charge in [0, 0.05) is 18.5 Å². The lowest BCUT2D eigenvalue weighted by atomic mass is 10.4. The fourth-order valence-corrected chi connectivity index (χ4v) is 0.465. The van der Waals surface area contributed by atoms with E-state index in [2.05, 4.69) is 5.32 Å². The Morgan fingerprint density at radius 3 is 2.75 bits per heavy atom. The van der Waals surface area contributed by atoms with E-state index in [-0.39, 0.29) is 12.7 Å². The highest BCUT2D eigenvalue weighted by atomic mass is 35.5. The van der Waals surface area contributed by atoms with Gasteiger partial charge in [0.15, 0.2) is 0 Å². The molecule has 3 heteroatoms. The van der Waals surface area contributed by atoms with Crippen LogP contribution < -0.4 is 5.32 Å². The van der Waals surface area contributed by atoms with E-state index in [1.807, 2.05) is 6.92 Å². The van der Waals surface area contributed by atoms with E-state index in [4.69, 9.17) is 11.6 Å². The van der Waals surface area contributed by atoms with Gasteiger partial charge in [-0.2, -0.15) is 0 Å². The monoisotopic (exact) mass is 139 g/mol. The first-order chi connectivity index (χ1) is 3.81. The average Bonchev–Trinajstić information content (AvgIpc) is 1.83. The standard InChI is InChI=1S/C5H11ClFN/c1-5(4-6)8-3-2-7/h5,8H,2-4H2,1H3. The van der Waals surface area contributed by atoms with Gasteiger partial charge in [0.05, 0.1) is 0 Å². The second-order valence-electron chi connectivity index (χ2n) is 1.70. The van der Waals surface area contributed by atoms with Crippen molar-refractivity contribution in [2.45, 2.75) is 13.0 Å². The van der Waals surface area contributed by atoms with E-state index < -0.39 is 0 Å². The highest BCUT2D eigenvalue weighted by Gasteiger charge is 1.94. The van der Waals surface area contributed by atoms with Gasteiger partial charge in [0.1, 0.15) is 6.67 Å². The molecule has 0 aromatic carbocycles. The van der Waals surface area contributed by atoms with Crippen LogP contribution in [-0.2, 0) is 0 Å². The van der Waals surface area contributed by atoms with E-state index in [0.29, 0.717) is 12.4 Å². The zero-order valence-electron chi connectivity index (χ0n) is 4.95. The molecule has 0 heterocycles. The number of hydrogen-bond acceptors (Lipinski definition) is 1. The largest absolute Gasteiger partial charge is 0.310 e. The van der Waals surface area contributed by atoms with E-state index in [1.165, 1.54) is 0 Å². The minimum atomic E-state index is -0.318. The van der Waals surface area contributed by atoms with Crippen LogP contribution in [0.1, 0.15) is 6.92 Å². The SMILES string of the molecule is CC(CCl)NCCF. The highest BCUT2D eigenvalue weighted by Crippen LogP contribution is 1.83. The first-order valence-corrected chi connectivity index (χ1v) is 3.20.